The smallest absolute Gasteiger partial charge is 0.286 e. The number of nitrogens with zero attached hydrogens (tertiary/aromatic N) is 2. The van der Waals surface area contributed by atoms with Crippen molar-refractivity contribution in [3.05, 3.63) is 34.5 Å². The van der Waals surface area contributed by atoms with E-state index in [0.717, 1.165) is 25.9 Å². The molecule has 1 amide bonds. The lowest BCUT2D eigenvalue weighted by molar-refractivity contribution is -0.113. The molecule has 1 aromatic rings. The molecule has 1 saturated heterocycles. The highest BCUT2D eigenvalue weighted by molar-refractivity contribution is 8.18. The Morgan fingerprint density at radius 1 is 1.35 bits per heavy atom. The fourth-order valence-electron chi connectivity index (χ4n) is 2.22. The Morgan fingerprint density at radius 3 is 2.85 bits per heavy atom. The van der Waals surface area contributed by atoms with Gasteiger partial charge in [-0.15, -0.1) is 0 Å². The molecule has 0 unspecified atom stereocenters. The third kappa shape index (κ3) is 2.56. The second-order valence-corrected chi connectivity index (χ2v) is 5.72. The van der Waals surface area contributed by atoms with Crippen LogP contribution >= 0.6 is 11.8 Å². The highest BCUT2D eigenvalue weighted by Crippen LogP contribution is 2.33. The number of carbonyl (C=O) groups is 1. The van der Waals surface area contributed by atoms with Gasteiger partial charge in [0.25, 0.3) is 5.91 Å². The summed E-state index contributed by atoms with van der Waals surface area (Å²) < 4.78 is 13.2. The van der Waals surface area contributed by atoms with Crippen LogP contribution in [0.3, 0.4) is 0 Å². The Hall–Kier alpha value is -1.82. The van der Waals surface area contributed by atoms with Gasteiger partial charge in [0, 0.05) is 18.7 Å². The lowest BCUT2D eigenvalue weighted by Gasteiger charge is -2.14. The van der Waals surface area contributed by atoms with Crippen molar-refractivity contribution in [1.82, 2.24) is 4.90 Å². The Kier molecular flexibility index (Phi) is 3.48. The summed E-state index contributed by atoms with van der Waals surface area (Å²) in [6.45, 7) is 1.83. The zero-order valence-corrected chi connectivity index (χ0v) is 11.5. The van der Waals surface area contributed by atoms with Crippen molar-refractivity contribution in [1.29, 1.82) is 0 Å². The number of aliphatic imine (C=N–C) groups is 1. The summed E-state index contributed by atoms with van der Waals surface area (Å²) in [4.78, 5) is 18.4. The third-order valence-electron chi connectivity index (χ3n) is 3.26. The largest absolute Gasteiger partial charge is 0.507 e. The third-order valence-corrected chi connectivity index (χ3v) is 4.31. The van der Waals surface area contributed by atoms with Crippen molar-refractivity contribution in [2.45, 2.75) is 12.8 Å². The first-order valence-corrected chi connectivity index (χ1v) is 7.21. The molecule has 0 aromatic heterocycles. The van der Waals surface area contributed by atoms with Crippen molar-refractivity contribution in [2.75, 3.05) is 13.1 Å². The molecule has 2 aliphatic rings. The molecule has 104 valence electrons. The van der Waals surface area contributed by atoms with Crippen LogP contribution in [0.25, 0.3) is 6.08 Å². The summed E-state index contributed by atoms with van der Waals surface area (Å²) in [7, 11) is 0. The lowest BCUT2D eigenvalue weighted by Crippen LogP contribution is -2.23. The second kappa shape index (κ2) is 5.28. The van der Waals surface area contributed by atoms with Crippen LogP contribution in [-0.2, 0) is 4.79 Å². The second-order valence-electron chi connectivity index (χ2n) is 4.71. The van der Waals surface area contributed by atoms with Gasteiger partial charge in [-0.2, -0.15) is 4.99 Å². The van der Waals surface area contributed by atoms with Crippen molar-refractivity contribution in [3.8, 4) is 5.75 Å². The fourth-order valence-corrected chi connectivity index (χ4v) is 3.18. The molecule has 1 fully saturated rings. The minimum absolute atomic E-state index is 0.0538. The zero-order valence-electron chi connectivity index (χ0n) is 10.7. The molecule has 6 heteroatoms. The standard InChI is InChI=1S/C14H13FN2O2S/c15-10-3-4-11(18)9(7-10)8-12-13(19)16-14(20-12)17-5-1-2-6-17/h3-4,7-8,18H,1-2,5-6H2. The molecule has 1 N–H and O–H groups in total. The molecule has 0 saturated carbocycles. The highest BCUT2D eigenvalue weighted by atomic mass is 32.2. The Morgan fingerprint density at radius 2 is 2.10 bits per heavy atom. The van der Waals surface area contributed by atoms with Crippen LogP contribution in [0.2, 0.25) is 0 Å². The summed E-state index contributed by atoms with van der Waals surface area (Å²) in [5, 5.41) is 10.4. The van der Waals surface area contributed by atoms with Gasteiger partial charge in [-0.25, -0.2) is 4.39 Å². The van der Waals surface area contributed by atoms with E-state index in [9.17, 15) is 14.3 Å². The van der Waals surface area contributed by atoms with E-state index >= 15 is 0 Å². The Bertz CT molecular complexity index is 622. The van der Waals surface area contributed by atoms with Gasteiger partial charge >= 0.3 is 0 Å². The first-order chi connectivity index (χ1) is 9.63. The van der Waals surface area contributed by atoms with Gasteiger partial charge in [0.2, 0.25) is 0 Å². The first-order valence-electron chi connectivity index (χ1n) is 6.39. The van der Waals surface area contributed by atoms with Crippen LogP contribution in [0.15, 0.2) is 28.1 Å². The molecule has 20 heavy (non-hydrogen) atoms. The molecule has 0 aliphatic carbocycles. The Labute approximate surface area is 120 Å². The number of amides is 1. The van der Waals surface area contributed by atoms with Crippen LogP contribution in [0.1, 0.15) is 18.4 Å². The predicted molar refractivity (Wildman–Crippen MR) is 76.9 cm³/mol. The van der Waals surface area contributed by atoms with E-state index < -0.39 is 5.82 Å². The number of halogens is 1. The molecule has 2 heterocycles. The maximum Gasteiger partial charge on any atom is 0.286 e. The lowest BCUT2D eigenvalue weighted by atomic mass is 10.2. The van der Waals surface area contributed by atoms with E-state index in [4.69, 9.17) is 0 Å². The number of phenolic OH excluding ortho intramolecular Hbond substituents is 1. The molecule has 0 radical (unpaired) electrons. The van der Waals surface area contributed by atoms with E-state index in [0.29, 0.717) is 15.6 Å². The van der Waals surface area contributed by atoms with Gasteiger partial charge < -0.3 is 10.0 Å². The van der Waals surface area contributed by atoms with Crippen molar-refractivity contribution in [3.63, 3.8) is 0 Å². The highest BCUT2D eigenvalue weighted by Gasteiger charge is 2.27. The molecular formula is C14H13FN2O2S. The van der Waals surface area contributed by atoms with Crippen molar-refractivity contribution in [2.24, 2.45) is 4.99 Å². The van der Waals surface area contributed by atoms with Gasteiger partial charge in [0.15, 0.2) is 5.17 Å². The number of hydrogen-bond acceptors (Lipinski definition) is 4. The average molecular weight is 292 g/mol. The minimum Gasteiger partial charge on any atom is -0.507 e. The molecule has 0 bridgehead atoms. The summed E-state index contributed by atoms with van der Waals surface area (Å²) in [5.41, 5.74) is 0.290. The average Bonchev–Trinajstić information content (AvgIpc) is 3.04. The molecule has 3 rings (SSSR count). The number of phenols is 1. The van der Waals surface area contributed by atoms with E-state index in [-0.39, 0.29) is 11.7 Å². The maximum atomic E-state index is 13.2. The summed E-state index contributed by atoms with van der Waals surface area (Å²) >= 11 is 1.28. The summed E-state index contributed by atoms with van der Waals surface area (Å²) in [5.74, 6) is -0.840. The van der Waals surface area contributed by atoms with Crippen LogP contribution in [0.4, 0.5) is 4.39 Å². The number of hydrogen-bond donors (Lipinski definition) is 1. The number of amidine groups is 1. The number of thioether (sulfide) groups is 1. The Balaban J connectivity index is 1.83. The molecule has 2 aliphatic heterocycles. The predicted octanol–water partition coefficient (Wildman–Crippen LogP) is 2.60. The van der Waals surface area contributed by atoms with Crippen LogP contribution in [0, 0.1) is 5.82 Å². The maximum absolute atomic E-state index is 13.2. The number of benzene rings is 1. The monoisotopic (exact) mass is 292 g/mol. The van der Waals surface area contributed by atoms with Crippen LogP contribution in [-0.4, -0.2) is 34.2 Å². The number of likely N-dealkylation sites (tertiary alicyclic amines) is 1. The minimum atomic E-state index is -0.453. The topological polar surface area (TPSA) is 52.9 Å². The van der Waals surface area contributed by atoms with Gasteiger partial charge in [-0.1, -0.05) is 0 Å². The van der Waals surface area contributed by atoms with E-state index in [1.54, 1.807) is 0 Å². The first kappa shape index (κ1) is 13.2. The van der Waals surface area contributed by atoms with Gasteiger partial charge in [-0.05, 0) is 48.9 Å². The number of aromatic hydroxyl groups is 1. The van der Waals surface area contributed by atoms with Crippen LogP contribution < -0.4 is 0 Å². The van der Waals surface area contributed by atoms with Crippen LogP contribution in [0.5, 0.6) is 5.75 Å². The normalized spacial score (nSPS) is 20.9. The number of carbonyl (C=O) groups excluding carboxylic acids is 1. The van der Waals surface area contributed by atoms with E-state index in [1.165, 1.54) is 36.0 Å². The molecule has 0 spiro atoms. The van der Waals surface area contributed by atoms with E-state index in [1.807, 2.05) is 0 Å². The quantitative estimate of drug-likeness (QED) is 0.808. The van der Waals surface area contributed by atoms with Gasteiger partial charge in [0.1, 0.15) is 11.6 Å². The van der Waals surface area contributed by atoms with Crippen molar-refractivity contribution >= 4 is 28.9 Å². The van der Waals surface area contributed by atoms with Gasteiger partial charge in [0.05, 0.1) is 4.91 Å². The zero-order chi connectivity index (χ0) is 14.1. The summed E-state index contributed by atoms with van der Waals surface area (Å²) in [6, 6.07) is 3.64. The molecule has 0 atom stereocenters. The molecular weight excluding hydrogens is 279 g/mol. The fraction of sp³-hybridized carbons (Fsp3) is 0.286. The van der Waals surface area contributed by atoms with Gasteiger partial charge in [-0.3, -0.25) is 4.79 Å². The SMILES string of the molecule is O=C1N=C(N2CCCC2)SC1=Cc1cc(F)ccc1O. The molecule has 4 nitrogen and oxygen atoms in total. The molecule has 1 aromatic carbocycles. The van der Waals surface area contributed by atoms with Crippen molar-refractivity contribution < 1.29 is 14.3 Å². The number of rotatable bonds is 1. The summed E-state index contributed by atoms with van der Waals surface area (Å²) in [6.07, 6.45) is 3.70. The van der Waals surface area contributed by atoms with E-state index in [2.05, 4.69) is 9.89 Å².